The lowest BCUT2D eigenvalue weighted by atomic mass is 9.91. The van der Waals surface area contributed by atoms with E-state index in [0.29, 0.717) is 17.4 Å². The Kier molecular flexibility index (Phi) is 3.29. The second-order valence-electron chi connectivity index (χ2n) is 4.00. The Hall–Kier alpha value is -0.280. The maximum Gasteiger partial charge on any atom is 0.194 e. The van der Waals surface area contributed by atoms with Gasteiger partial charge in [-0.15, -0.1) is 0 Å². The molecule has 0 bridgehead atoms. The fourth-order valence-electron chi connectivity index (χ4n) is 2.40. The third-order valence-corrected chi connectivity index (χ3v) is 3.45. The lowest BCUT2D eigenvalue weighted by molar-refractivity contribution is 0.153. The van der Waals surface area contributed by atoms with Crippen LogP contribution in [0.1, 0.15) is 25.7 Å². The highest BCUT2D eigenvalue weighted by atomic mass is 35.5. The lowest BCUT2D eigenvalue weighted by Crippen LogP contribution is -2.41. The summed E-state index contributed by atoms with van der Waals surface area (Å²) in [6.45, 7) is 1.61. The summed E-state index contributed by atoms with van der Waals surface area (Å²) in [6, 6.07) is 1.000. The molecule has 2 atom stereocenters. The summed E-state index contributed by atoms with van der Waals surface area (Å²) in [5.74, 6) is 0. The number of halogens is 1. The van der Waals surface area contributed by atoms with Crippen molar-refractivity contribution in [1.82, 2.24) is 4.90 Å². The number of hydrogen-bond acceptors (Lipinski definition) is 3. The van der Waals surface area contributed by atoms with E-state index in [4.69, 9.17) is 16.3 Å². The van der Waals surface area contributed by atoms with Crippen molar-refractivity contribution in [3.63, 3.8) is 0 Å². The molecule has 4 heteroatoms. The van der Waals surface area contributed by atoms with Gasteiger partial charge >= 0.3 is 0 Å². The minimum absolute atomic E-state index is 0.452. The predicted molar refractivity (Wildman–Crippen MR) is 57.9 cm³/mol. The molecule has 0 aromatic rings. The van der Waals surface area contributed by atoms with Gasteiger partial charge < -0.3 is 9.64 Å². The summed E-state index contributed by atoms with van der Waals surface area (Å²) in [7, 11) is 1.72. The zero-order chi connectivity index (χ0) is 9.97. The Morgan fingerprint density at radius 3 is 3.07 bits per heavy atom. The standard InChI is InChI=1S/C10H17ClN2O/c1-14-7-6-13-9-5-3-2-4-8(9)12-10(13)11/h8-9H,2-7H2,1H3/t8-,9-/m0/s1. The van der Waals surface area contributed by atoms with Crippen LogP contribution in [-0.2, 0) is 4.74 Å². The molecular weight excluding hydrogens is 200 g/mol. The SMILES string of the molecule is COCCN1C(Cl)=N[C@H]2CCCC[C@@H]21. The molecule has 80 valence electrons. The first kappa shape index (κ1) is 10.2. The first-order valence-electron chi connectivity index (χ1n) is 5.32. The van der Waals surface area contributed by atoms with Gasteiger partial charge in [-0.05, 0) is 24.4 Å². The molecule has 0 N–H and O–H groups in total. The van der Waals surface area contributed by atoms with Crippen LogP contribution < -0.4 is 0 Å². The van der Waals surface area contributed by atoms with E-state index in [1.54, 1.807) is 7.11 Å². The average molecular weight is 217 g/mol. The lowest BCUT2D eigenvalue weighted by Gasteiger charge is -2.31. The minimum Gasteiger partial charge on any atom is -0.383 e. The highest BCUT2D eigenvalue weighted by molar-refractivity contribution is 6.64. The Morgan fingerprint density at radius 1 is 1.50 bits per heavy atom. The second-order valence-corrected chi connectivity index (χ2v) is 4.34. The predicted octanol–water partition coefficient (Wildman–Crippen LogP) is 1.85. The van der Waals surface area contributed by atoms with Gasteiger partial charge in [0.1, 0.15) is 0 Å². The molecule has 1 aliphatic heterocycles. The van der Waals surface area contributed by atoms with Crippen LogP contribution in [0.15, 0.2) is 4.99 Å². The molecular formula is C10H17ClN2O. The zero-order valence-electron chi connectivity index (χ0n) is 8.58. The highest BCUT2D eigenvalue weighted by Gasteiger charge is 2.36. The number of aliphatic imine (C=N–C) groups is 1. The van der Waals surface area contributed by atoms with Crippen molar-refractivity contribution in [1.29, 1.82) is 0 Å². The first-order valence-corrected chi connectivity index (χ1v) is 5.69. The topological polar surface area (TPSA) is 24.8 Å². The maximum absolute atomic E-state index is 6.11. The van der Waals surface area contributed by atoms with Crippen molar-refractivity contribution in [2.24, 2.45) is 4.99 Å². The van der Waals surface area contributed by atoms with Gasteiger partial charge in [-0.3, -0.25) is 4.99 Å². The molecule has 0 saturated heterocycles. The third-order valence-electron chi connectivity index (χ3n) is 3.14. The van der Waals surface area contributed by atoms with E-state index in [9.17, 15) is 0 Å². The van der Waals surface area contributed by atoms with Crippen molar-refractivity contribution in [2.75, 3.05) is 20.3 Å². The molecule has 2 aliphatic rings. The quantitative estimate of drug-likeness (QED) is 0.673. The minimum atomic E-state index is 0.452. The fraction of sp³-hybridized carbons (Fsp3) is 0.900. The zero-order valence-corrected chi connectivity index (χ0v) is 9.33. The Labute approximate surface area is 90.1 Å². The van der Waals surface area contributed by atoms with Gasteiger partial charge in [-0.2, -0.15) is 0 Å². The van der Waals surface area contributed by atoms with Crippen LogP contribution in [-0.4, -0.2) is 42.5 Å². The van der Waals surface area contributed by atoms with Gasteiger partial charge in [0.25, 0.3) is 0 Å². The number of amidine groups is 1. The van der Waals surface area contributed by atoms with E-state index in [1.165, 1.54) is 25.7 Å². The monoisotopic (exact) mass is 216 g/mol. The third kappa shape index (κ3) is 1.89. The smallest absolute Gasteiger partial charge is 0.194 e. The molecule has 2 rings (SSSR count). The first-order chi connectivity index (χ1) is 6.83. The average Bonchev–Trinajstić information content (AvgIpc) is 2.51. The van der Waals surface area contributed by atoms with Crippen molar-refractivity contribution in [3.8, 4) is 0 Å². The largest absolute Gasteiger partial charge is 0.383 e. The van der Waals surface area contributed by atoms with Crippen LogP contribution in [0.3, 0.4) is 0 Å². The van der Waals surface area contributed by atoms with Crippen LogP contribution in [0, 0.1) is 0 Å². The number of fused-ring (bicyclic) bond motifs is 1. The number of hydrogen-bond donors (Lipinski definition) is 0. The van der Waals surface area contributed by atoms with E-state index in [1.807, 2.05) is 0 Å². The number of methoxy groups -OCH3 is 1. The fourth-order valence-corrected chi connectivity index (χ4v) is 2.74. The molecule has 0 amide bonds. The molecule has 1 saturated carbocycles. The van der Waals surface area contributed by atoms with Gasteiger partial charge in [-0.1, -0.05) is 12.8 Å². The highest BCUT2D eigenvalue weighted by Crippen LogP contribution is 2.31. The molecule has 0 unspecified atom stereocenters. The van der Waals surface area contributed by atoms with Gasteiger partial charge in [-0.25, -0.2) is 0 Å². The summed E-state index contributed by atoms with van der Waals surface area (Å²) in [5, 5.41) is 0.693. The number of nitrogens with zero attached hydrogens (tertiary/aromatic N) is 2. The molecule has 0 aromatic carbocycles. The second kappa shape index (κ2) is 4.49. The van der Waals surface area contributed by atoms with Crippen LogP contribution >= 0.6 is 11.6 Å². The maximum atomic E-state index is 6.11. The normalized spacial score (nSPS) is 31.6. The van der Waals surface area contributed by atoms with Crippen LogP contribution in [0.2, 0.25) is 0 Å². The van der Waals surface area contributed by atoms with E-state index in [-0.39, 0.29) is 0 Å². The van der Waals surface area contributed by atoms with Crippen molar-refractivity contribution < 1.29 is 4.74 Å². The van der Waals surface area contributed by atoms with Crippen molar-refractivity contribution in [2.45, 2.75) is 37.8 Å². The molecule has 1 fully saturated rings. The van der Waals surface area contributed by atoms with Gasteiger partial charge in [0.05, 0.1) is 18.7 Å². The summed E-state index contributed by atoms with van der Waals surface area (Å²) < 4.78 is 5.08. The number of ether oxygens (including phenoxy) is 1. The molecule has 1 aliphatic carbocycles. The summed E-state index contributed by atoms with van der Waals surface area (Å²) in [4.78, 5) is 6.70. The van der Waals surface area contributed by atoms with Gasteiger partial charge in [0.2, 0.25) is 0 Å². The van der Waals surface area contributed by atoms with Crippen LogP contribution in [0.5, 0.6) is 0 Å². The Bertz CT molecular complexity index is 232. The van der Waals surface area contributed by atoms with Crippen LogP contribution in [0.25, 0.3) is 0 Å². The molecule has 0 radical (unpaired) electrons. The molecule has 0 spiro atoms. The van der Waals surface area contributed by atoms with Crippen LogP contribution in [0.4, 0.5) is 0 Å². The van der Waals surface area contributed by atoms with Crippen molar-refractivity contribution in [3.05, 3.63) is 0 Å². The molecule has 0 aromatic heterocycles. The Balaban J connectivity index is 1.98. The summed E-state index contributed by atoms with van der Waals surface area (Å²) in [6.07, 6.45) is 5.04. The summed E-state index contributed by atoms with van der Waals surface area (Å²) >= 11 is 6.11. The molecule has 1 heterocycles. The van der Waals surface area contributed by atoms with Gasteiger partial charge in [0, 0.05) is 13.7 Å². The molecule has 14 heavy (non-hydrogen) atoms. The Morgan fingerprint density at radius 2 is 2.29 bits per heavy atom. The summed E-state index contributed by atoms with van der Waals surface area (Å²) in [5.41, 5.74) is 0. The van der Waals surface area contributed by atoms with E-state index < -0.39 is 0 Å². The molecule has 3 nitrogen and oxygen atoms in total. The number of rotatable bonds is 3. The van der Waals surface area contributed by atoms with Gasteiger partial charge in [0.15, 0.2) is 5.29 Å². The van der Waals surface area contributed by atoms with Crippen molar-refractivity contribution >= 4 is 16.9 Å². The van der Waals surface area contributed by atoms with E-state index >= 15 is 0 Å². The van der Waals surface area contributed by atoms with E-state index in [2.05, 4.69) is 9.89 Å². The van der Waals surface area contributed by atoms with E-state index in [0.717, 1.165) is 13.2 Å².